The van der Waals surface area contributed by atoms with Gasteiger partial charge in [-0.25, -0.2) is 4.79 Å². The number of aliphatic hydroxyl groups is 5. The van der Waals surface area contributed by atoms with Crippen molar-refractivity contribution in [1.29, 1.82) is 0 Å². The van der Waals surface area contributed by atoms with E-state index >= 15 is 0 Å². The number of phenolic OH excluding ortho intramolecular Hbond substituents is 1. The number of hydrogen-bond acceptors (Lipinski definition) is 15. The summed E-state index contributed by atoms with van der Waals surface area (Å²) in [6.45, 7) is 3.13. The van der Waals surface area contributed by atoms with Crippen LogP contribution in [-0.2, 0) is 42.8 Å². The molecule has 1 saturated heterocycles. The minimum Gasteiger partial charge on any atom is -0.508 e. The van der Waals surface area contributed by atoms with Gasteiger partial charge in [-0.15, -0.1) is 0 Å². The molecule has 1 aromatic carbocycles. The highest BCUT2D eigenvalue weighted by Crippen LogP contribution is 2.49. The van der Waals surface area contributed by atoms with Crippen LogP contribution in [0.3, 0.4) is 0 Å². The lowest BCUT2D eigenvalue weighted by Gasteiger charge is -2.42. The van der Waals surface area contributed by atoms with Crippen LogP contribution in [0.15, 0.2) is 42.2 Å². The zero-order valence-electron chi connectivity index (χ0n) is 26.2. The van der Waals surface area contributed by atoms with Gasteiger partial charge in [0.25, 0.3) is 0 Å². The topological polar surface area (TPSA) is 228 Å². The molecule has 1 aromatic rings. The number of rotatable bonds is 12. The Morgan fingerprint density at radius 3 is 2.40 bits per heavy atom. The molecule has 1 aliphatic carbocycles. The van der Waals surface area contributed by atoms with Gasteiger partial charge in [-0.2, -0.15) is 0 Å². The van der Waals surface area contributed by atoms with Crippen LogP contribution >= 0.6 is 0 Å². The first kappa shape index (κ1) is 36.3. The number of hydrogen-bond donors (Lipinski definition) is 6. The zero-order valence-corrected chi connectivity index (χ0v) is 26.2. The minimum absolute atomic E-state index is 0.0343. The van der Waals surface area contributed by atoms with Crippen molar-refractivity contribution < 1.29 is 73.4 Å². The predicted octanol–water partition coefficient (Wildman–Crippen LogP) is -0.106. The second-order valence-electron chi connectivity index (χ2n) is 12.3. The molecule has 2 fully saturated rings. The maximum Gasteiger partial charge on any atom is 0.331 e. The summed E-state index contributed by atoms with van der Waals surface area (Å²) < 4.78 is 33.3. The second kappa shape index (κ2) is 15.6. The number of carbonyl (C=O) groups is 3. The fourth-order valence-corrected chi connectivity index (χ4v) is 5.88. The summed E-state index contributed by atoms with van der Waals surface area (Å²) in [6, 6.07) is 5.95. The van der Waals surface area contributed by atoms with E-state index in [-0.39, 0.29) is 31.1 Å². The summed E-state index contributed by atoms with van der Waals surface area (Å²) in [4.78, 5) is 36.8. The number of aliphatic hydroxyl groups excluding tert-OH is 4. The largest absolute Gasteiger partial charge is 0.508 e. The van der Waals surface area contributed by atoms with E-state index in [2.05, 4.69) is 0 Å². The Balaban J connectivity index is 1.53. The van der Waals surface area contributed by atoms with Gasteiger partial charge in [0.15, 0.2) is 12.4 Å². The molecule has 15 nitrogen and oxygen atoms in total. The SMILES string of the molecule is CC(=O)OCC1(O)C(O)CC2C(COC3OC(CO)C(O)C(O)C3OC(=O)C=Cc3ccc(O)cc3)=COC(OC(=O)CC(C)C)C21. The Labute approximate surface area is 270 Å². The van der Waals surface area contributed by atoms with Crippen molar-refractivity contribution in [3.8, 4) is 5.75 Å². The molecule has 6 N–H and O–H groups in total. The molecule has 0 bridgehead atoms. The first-order chi connectivity index (χ1) is 22.2. The number of fused-ring (bicyclic) bond motifs is 1. The number of aromatic hydroxyl groups is 1. The van der Waals surface area contributed by atoms with E-state index in [0.29, 0.717) is 11.1 Å². The fourth-order valence-electron chi connectivity index (χ4n) is 5.88. The Bertz CT molecular complexity index is 1310. The van der Waals surface area contributed by atoms with Gasteiger partial charge >= 0.3 is 17.9 Å². The average molecular weight is 667 g/mol. The molecule has 0 radical (unpaired) electrons. The van der Waals surface area contributed by atoms with E-state index in [1.54, 1.807) is 12.1 Å². The van der Waals surface area contributed by atoms with Crippen LogP contribution < -0.4 is 0 Å². The molecule has 15 heteroatoms. The summed E-state index contributed by atoms with van der Waals surface area (Å²) >= 11 is 0. The van der Waals surface area contributed by atoms with E-state index in [1.807, 2.05) is 13.8 Å². The molecule has 47 heavy (non-hydrogen) atoms. The van der Waals surface area contributed by atoms with Gasteiger partial charge in [0, 0.05) is 25.3 Å². The lowest BCUT2D eigenvalue weighted by atomic mass is 9.80. The third-order valence-corrected chi connectivity index (χ3v) is 8.31. The molecular weight excluding hydrogens is 624 g/mol. The summed E-state index contributed by atoms with van der Waals surface area (Å²) in [5.74, 6) is -4.05. The molecule has 0 aromatic heterocycles. The van der Waals surface area contributed by atoms with Gasteiger partial charge in [-0.05, 0) is 41.7 Å². The van der Waals surface area contributed by atoms with Crippen molar-refractivity contribution in [2.75, 3.05) is 19.8 Å². The van der Waals surface area contributed by atoms with Crippen LogP contribution in [-0.4, -0.2) is 117 Å². The Morgan fingerprint density at radius 2 is 1.77 bits per heavy atom. The molecule has 0 amide bonds. The van der Waals surface area contributed by atoms with E-state index < -0.39 is 91.7 Å². The first-order valence-corrected chi connectivity index (χ1v) is 15.2. The van der Waals surface area contributed by atoms with Gasteiger partial charge in [0.2, 0.25) is 6.29 Å². The van der Waals surface area contributed by atoms with Gasteiger partial charge in [0.05, 0.1) is 31.5 Å². The standard InChI is InChI=1S/C32H42O15/c1-16(2)10-25(38)47-30-26-21(11-23(36)32(26,41)15-44-17(3)34)19(13-42-30)14-43-31-29(28(40)27(39)22(12-33)45-31)46-24(37)9-6-18-4-7-20(35)8-5-18/h4-9,13,16,21-23,26-31,33,35-36,39-41H,10-12,14-15H2,1-3H3. The molecule has 260 valence electrons. The molecule has 4 rings (SSSR count). The van der Waals surface area contributed by atoms with E-state index in [9.17, 15) is 45.0 Å². The maximum absolute atomic E-state index is 12.7. The van der Waals surface area contributed by atoms with Crippen molar-refractivity contribution in [3.05, 3.63) is 47.7 Å². The number of carbonyl (C=O) groups excluding carboxylic acids is 3. The third-order valence-electron chi connectivity index (χ3n) is 8.31. The third kappa shape index (κ3) is 8.67. The van der Waals surface area contributed by atoms with Crippen LogP contribution in [0, 0.1) is 17.8 Å². The van der Waals surface area contributed by atoms with E-state index in [1.165, 1.54) is 24.5 Å². The molecule has 2 heterocycles. The lowest BCUT2D eigenvalue weighted by Crippen LogP contribution is -2.60. The highest BCUT2D eigenvalue weighted by Gasteiger charge is 2.61. The highest BCUT2D eigenvalue weighted by molar-refractivity contribution is 5.87. The van der Waals surface area contributed by atoms with Crippen LogP contribution in [0.4, 0.5) is 0 Å². The number of phenols is 1. The van der Waals surface area contributed by atoms with Crippen LogP contribution in [0.1, 0.15) is 39.2 Å². The summed E-state index contributed by atoms with van der Waals surface area (Å²) in [6.07, 6.45) is -6.80. The molecule has 0 spiro atoms. The Hall–Kier alpha value is -3.57. The van der Waals surface area contributed by atoms with Crippen molar-refractivity contribution in [2.45, 2.75) is 82.3 Å². The summed E-state index contributed by atoms with van der Waals surface area (Å²) in [5.41, 5.74) is -1.15. The zero-order chi connectivity index (χ0) is 34.5. The van der Waals surface area contributed by atoms with Crippen molar-refractivity contribution in [3.63, 3.8) is 0 Å². The number of ether oxygens (including phenoxy) is 6. The van der Waals surface area contributed by atoms with Crippen LogP contribution in [0.25, 0.3) is 6.08 Å². The monoisotopic (exact) mass is 666 g/mol. The lowest BCUT2D eigenvalue weighted by molar-refractivity contribution is -0.302. The fraction of sp³-hybridized carbons (Fsp3) is 0.594. The maximum atomic E-state index is 12.7. The quantitative estimate of drug-likeness (QED) is 0.0972. The Morgan fingerprint density at radius 1 is 1.06 bits per heavy atom. The average Bonchev–Trinajstić information content (AvgIpc) is 3.28. The second-order valence-corrected chi connectivity index (χ2v) is 12.3. The number of benzene rings is 1. The summed E-state index contributed by atoms with van der Waals surface area (Å²) in [7, 11) is 0. The minimum atomic E-state index is -2.07. The highest BCUT2D eigenvalue weighted by atomic mass is 16.7. The van der Waals surface area contributed by atoms with Crippen molar-refractivity contribution >= 4 is 24.0 Å². The van der Waals surface area contributed by atoms with Gasteiger partial charge < -0.3 is 59.1 Å². The smallest absolute Gasteiger partial charge is 0.331 e. The number of esters is 3. The van der Waals surface area contributed by atoms with Gasteiger partial charge in [-0.3, -0.25) is 9.59 Å². The van der Waals surface area contributed by atoms with Gasteiger partial charge in [0.1, 0.15) is 36.3 Å². The van der Waals surface area contributed by atoms with E-state index in [0.717, 1.165) is 13.0 Å². The predicted molar refractivity (Wildman–Crippen MR) is 158 cm³/mol. The molecule has 3 aliphatic rings. The Kier molecular flexibility index (Phi) is 12.0. The molecule has 10 unspecified atom stereocenters. The summed E-state index contributed by atoms with van der Waals surface area (Å²) in [5, 5.41) is 62.9. The molecule has 10 atom stereocenters. The van der Waals surface area contributed by atoms with Crippen molar-refractivity contribution in [2.24, 2.45) is 17.8 Å². The molecular formula is C32H42O15. The molecule has 2 aliphatic heterocycles. The van der Waals surface area contributed by atoms with Crippen molar-refractivity contribution in [1.82, 2.24) is 0 Å². The normalized spacial score (nSPS) is 33.6. The van der Waals surface area contributed by atoms with Gasteiger partial charge in [-0.1, -0.05) is 26.0 Å². The van der Waals surface area contributed by atoms with Crippen LogP contribution in [0.5, 0.6) is 5.75 Å². The van der Waals surface area contributed by atoms with E-state index in [4.69, 9.17) is 28.4 Å². The molecule has 1 saturated carbocycles. The first-order valence-electron chi connectivity index (χ1n) is 15.2. The van der Waals surface area contributed by atoms with Crippen LogP contribution in [0.2, 0.25) is 0 Å².